The van der Waals surface area contributed by atoms with E-state index in [2.05, 4.69) is 28.2 Å². The fraction of sp³-hybridized carbons (Fsp3) is 1.00. The van der Waals surface area contributed by atoms with Gasteiger partial charge in [0, 0.05) is 17.6 Å². The molecule has 1 N–H and O–H groups in total. The normalized spacial score (nSPS) is 14.6. The van der Waals surface area contributed by atoms with E-state index in [-0.39, 0.29) is 5.75 Å². The second-order valence-electron chi connectivity index (χ2n) is 2.99. The lowest BCUT2D eigenvalue weighted by atomic mass is 10.4. The third-order valence-electron chi connectivity index (χ3n) is 1.42. The predicted octanol–water partition coefficient (Wildman–Crippen LogP) is 0.794. The van der Waals surface area contributed by atoms with Crippen molar-refractivity contribution < 1.29 is 8.42 Å². The number of rotatable bonds is 6. The van der Waals surface area contributed by atoms with Gasteiger partial charge in [0.15, 0.2) is 0 Å². The van der Waals surface area contributed by atoms with Gasteiger partial charge < -0.3 is 5.32 Å². The van der Waals surface area contributed by atoms with Gasteiger partial charge in [-0.2, -0.15) is 0 Å². The van der Waals surface area contributed by atoms with E-state index in [4.69, 9.17) is 0 Å². The van der Waals surface area contributed by atoms with Crippen LogP contribution in [-0.2, 0) is 9.84 Å². The fourth-order valence-electron chi connectivity index (χ4n) is 0.737. The van der Waals surface area contributed by atoms with Gasteiger partial charge in [0.1, 0.15) is 9.84 Å². The average Bonchev–Trinajstić information content (AvgIpc) is 1.96. The van der Waals surface area contributed by atoms with Crippen LogP contribution in [-0.4, -0.2) is 38.3 Å². The largest absolute Gasteiger partial charge is 0.313 e. The zero-order valence-corrected chi connectivity index (χ0v) is 9.91. The Labute approximate surface area is 83.0 Å². The lowest BCUT2D eigenvalue weighted by molar-refractivity contribution is 0.576. The number of nitrogens with one attached hydrogen (secondary N) is 1. The minimum Gasteiger partial charge on any atom is -0.313 e. The molecule has 0 aromatic carbocycles. The van der Waals surface area contributed by atoms with Crippen molar-refractivity contribution in [1.82, 2.24) is 5.32 Å². The molecule has 1 unspecified atom stereocenters. The third-order valence-corrected chi connectivity index (χ3v) is 3.42. The Morgan fingerprint density at radius 2 is 2.08 bits per heavy atom. The molecule has 0 aliphatic heterocycles. The van der Waals surface area contributed by atoms with Crippen molar-refractivity contribution in [1.29, 1.82) is 0 Å². The van der Waals surface area contributed by atoms with E-state index in [1.165, 1.54) is 6.26 Å². The zero-order valence-electron chi connectivity index (χ0n) is 7.51. The molecule has 74 valence electrons. The van der Waals surface area contributed by atoms with Crippen molar-refractivity contribution in [3.8, 4) is 0 Å². The van der Waals surface area contributed by atoms with Crippen molar-refractivity contribution in [3.63, 3.8) is 0 Å². The minimum atomic E-state index is -2.78. The molecule has 3 nitrogen and oxygen atoms in total. The molecule has 0 saturated heterocycles. The summed E-state index contributed by atoms with van der Waals surface area (Å²) < 4.78 is 21.4. The van der Waals surface area contributed by atoms with Crippen LogP contribution in [0.4, 0.5) is 0 Å². The monoisotopic (exact) mass is 257 g/mol. The first-order valence-electron chi connectivity index (χ1n) is 3.93. The van der Waals surface area contributed by atoms with Gasteiger partial charge >= 0.3 is 0 Å². The molecule has 0 fully saturated rings. The summed E-state index contributed by atoms with van der Waals surface area (Å²) in [5, 5.41) is 4.09. The quantitative estimate of drug-likeness (QED) is 0.566. The molecule has 12 heavy (non-hydrogen) atoms. The van der Waals surface area contributed by atoms with Crippen LogP contribution in [0.25, 0.3) is 0 Å². The van der Waals surface area contributed by atoms with Gasteiger partial charge in [-0.05, 0) is 19.9 Å². The minimum absolute atomic E-state index is 0.273. The van der Waals surface area contributed by atoms with Crippen LogP contribution in [0.15, 0.2) is 0 Å². The molecular weight excluding hydrogens is 242 g/mol. The van der Waals surface area contributed by atoms with Gasteiger partial charge in [-0.3, -0.25) is 0 Å². The van der Waals surface area contributed by atoms with Crippen LogP contribution < -0.4 is 5.32 Å². The number of alkyl halides is 1. The highest BCUT2D eigenvalue weighted by Crippen LogP contribution is 1.91. The molecule has 0 heterocycles. The van der Waals surface area contributed by atoms with Gasteiger partial charge in [0.05, 0.1) is 5.75 Å². The Bertz CT molecular complexity index is 203. The van der Waals surface area contributed by atoms with Gasteiger partial charge in [-0.1, -0.05) is 15.9 Å². The van der Waals surface area contributed by atoms with Crippen molar-refractivity contribution in [3.05, 3.63) is 0 Å². The van der Waals surface area contributed by atoms with Gasteiger partial charge in [-0.25, -0.2) is 8.42 Å². The van der Waals surface area contributed by atoms with E-state index in [0.29, 0.717) is 12.5 Å². The smallest absolute Gasteiger partial charge is 0.147 e. The highest BCUT2D eigenvalue weighted by molar-refractivity contribution is 9.09. The van der Waals surface area contributed by atoms with Gasteiger partial charge in [-0.15, -0.1) is 0 Å². The lowest BCUT2D eigenvalue weighted by Gasteiger charge is -2.09. The molecule has 0 aliphatic rings. The molecule has 0 saturated carbocycles. The van der Waals surface area contributed by atoms with Crippen LogP contribution in [0.1, 0.15) is 13.3 Å². The molecule has 0 aromatic rings. The topological polar surface area (TPSA) is 46.2 Å². The maximum atomic E-state index is 10.7. The average molecular weight is 258 g/mol. The van der Waals surface area contributed by atoms with E-state index in [0.717, 1.165) is 11.9 Å². The molecule has 0 bridgehead atoms. The van der Waals surface area contributed by atoms with Crippen LogP contribution in [0, 0.1) is 0 Å². The predicted molar refractivity (Wildman–Crippen MR) is 55.6 cm³/mol. The number of hydrogen-bond acceptors (Lipinski definition) is 3. The maximum Gasteiger partial charge on any atom is 0.147 e. The summed E-state index contributed by atoms with van der Waals surface area (Å²) in [5.74, 6) is 0.273. The summed E-state index contributed by atoms with van der Waals surface area (Å²) in [5.41, 5.74) is 0. The van der Waals surface area contributed by atoms with Crippen molar-refractivity contribution in [2.45, 2.75) is 19.4 Å². The second kappa shape index (κ2) is 5.94. The molecule has 0 aromatic heterocycles. The highest BCUT2D eigenvalue weighted by Gasteiger charge is 2.02. The first-order valence-corrected chi connectivity index (χ1v) is 7.11. The third kappa shape index (κ3) is 8.49. The Balaban J connectivity index is 3.34. The van der Waals surface area contributed by atoms with Crippen molar-refractivity contribution in [2.75, 3.05) is 23.9 Å². The molecule has 0 aliphatic carbocycles. The van der Waals surface area contributed by atoms with Gasteiger partial charge in [0.2, 0.25) is 0 Å². The first kappa shape index (κ1) is 12.4. The SMILES string of the molecule is CC(CBr)NCCCS(C)(=O)=O. The fourth-order valence-corrected chi connectivity index (χ4v) is 1.64. The Morgan fingerprint density at radius 1 is 1.50 bits per heavy atom. The molecule has 0 rings (SSSR count). The summed E-state index contributed by atoms with van der Waals surface area (Å²) >= 11 is 3.33. The van der Waals surface area contributed by atoms with Crippen LogP contribution >= 0.6 is 15.9 Å². The standard InChI is InChI=1S/C7H16BrNO2S/c1-7(6-8)9-4-3-5-12(2,10)11/h7,9H,3-6H2,1-2H3. The molecule has 0 amide bonds. The van der Waals surface area contributed by atoms with Crippen molar-refractivity contribution in [2.24, 2.45) is 0 Å². The summed E-state index contributed by atoms with van der Waals surface area (Å²) in [6.45, 7) is 2.81. The van der Waals surface area contributed by atoms with E-state index in [9.17, 15) is 8.42 Å². The second-order valence-corrected chi connectivity index (χ2v) is 5.90. The Hall–Kier alpha value is 0.390. The molecule has 1 atom stereocenters. The summed E-state index contributed by atoms with van der Waals surface area (Å²) in [6.07, 6.45) is 1.96. The number of hydrogen-bond donors (Lipinski definition) is 1. The molecule has 5 heteroatoms. The van der Waals surface area contributed by atoms with E-state index in [1.54, 1.807) is 0 Å². The highest BCUT2D eigenvalue weighted by atomic mass is 79.9. The van der Waals surface area contributed by atoms with Crippen LogP contribution in [0.5, 0.6) is 0 Å². The lowest BCUT2D eigenvalue weighted by Crippen LogP contribution is -2.29. The molecule has 0 radical (unpaired) electrons. The molecule has 0 spiro atoms. The van der Waals surface area contributed by atoms with Crippen LogP contribution in [0.2, 0.25) is 0 Å². The zero-order chi connectivity index (χ0) is 9.61. The van der Waals surface area contributed by atoms with E-state index >= 15 is 0 Å². The van der Waals surface area contributed by atoms with E-state index in [1.807, 2.05) is 0 Å². The summed E-state index contributed by atoms with van der Waals surface area (Å²) in [6, 6.07) is 0.407. The van der Waals surface area contributed by atoms with Gasteiger partial charge in [0.25, 0.3) is 0 Å². The molecular formula is C7H16BrNO2S. The Kier molecular flexibility index (Phi) is 6.13. The number of halogens is 1. The summed E-state index contributed by atoms with van der Waals surface area (Å²) in [4.78, 5) is 0. The van der Waals surface area contributed by atoms with E-state index < -0.39 is 9.84 Å². The Morgan fingerprint density at radius 3 is 2.50 bits per heavy atom. The van der Waals surface area contributed by atoms with Crippen LogP contribution in [0.3, 0.4) is 0 Å². The van der Waals surface area contributed by atoms with Crippen molar-refractivity contribution >= 4 is 25.8 Å². The first-order chi connectivity index (χ1) is 5.45. The maximum absolute atomic E-state index is 10.7. The summed E-state index contributed by atoms with van der Waals surface area (Å²) in [7, 11) is -2.78. The number of sulfone groups is 1.